The maximum Gasteiger partial charge on any atom is 0.119 e. The molecule has 0 unspecified atom stereocenters. The summed E-state index contributed by atoms with van der Waals surface area (Å²) in [4.78, 5) is 0. The Balaban J connectivity index is 1.97. The largest absolute Gasteiger partial charge is 0.494 e. The fourth-order valence-corrected chi connectivity index (χ4v) is 5.73. The van der Waals surface area contributed by atoms with Gasteiger partial charge in [0.2, 0.25) is 0 Å². The minimum atomic E-state index is 0.865. The van der Waals surface area contributed by atoms with Gasteiger partial charge < -0.3 is 9.22 Å². The van der Waals surface area contributed by atoms with Gasteiger partial charge in [-0.25, -0.2) is 0 Å². The Morgan fingerprint density at radius 2 is 1.03 bits per heavy atom. The maximum absolute atomic E-state index is 6.08. The normalized spacial score (nSPS) is 11.8. The van der Waals surface area contributed by atoms with E-state index >= 15 is 0 Å². The Morgan fingerprint density at radius 1 is 0.541 bits per heavy atom. The van der Waals surface area contributed by atoms with Crippen molar-refractivity contribution in [2.75, 3.05) is 32.8 Å². The molecule has 0 radical (unpaired) electrons. The van der Waals surface area contributed by atoms with Crippen molar-refractivity contribution in [2.24, 2.45) is 0 Å². The maximum atomic E-state index is 6.08. The van der Waals surface area contributed by atoms with Gasteiger partial charge in [-0.2, -0.15) is 0 Å². The molecule has 1 aromatic rings. The molecule has 0 amide bonds. The van der Waals surface area contributed by atoms with Crippen LogP contribution in [-0.2, 0) is 6.42 Å². The first kappa shape index (κ1) is 34.0. The first-order valence-electron chi connectivity index (χ1n) is 16.8. The third kappa shape index (κ3) is 18.0. The zero-order valence-corrected chi connectivity index (χ0v) is 25.8. The number of hydrogen-bond donors (Lipinski definition) is 0. The summed E-state index contributed by atoms with van der Waals surface area (Å²) in [5.41, 5.74) is 1.45. The molecule has 0 saturated heterocycles. The molecule has 0 heterocycles. The van der Waals surface area contributed by atoms with E-state index in [2.05, 4.69) is 52.0 Å². The third-order valence-electron chi connectivity index (χ3n) is 8.78. The molecule has 2 heteroatoms. The number of aryl methyl sites for hydroxylation is 1. The monoisotopic (exact) mass is 517 g/mol. The van der Waals surface area contributed by atoms with Crippen LogP contribution in [0.4, 0.5) is 0 Å². The Labute approximate surface area is 233 Å². The van der Waals surface area contributed by atoms with Gasteiger partial charge in [-0.1, -0.05) is 115 Å². The van der Waals surface area contributed by atoms with Gasteiger partial charge in [0, 0.05) is 0 Å². The highest BCUT2D eigenvalue weighted by molar-refractivity contribution is 5.28. The molecule has 37 heavy (non-hydrogen) atoms. The molecule has 0 bridgehead atoms. The lowest BCUT2D eigenvalue weighted by Gasteiger charge is -2.35. The lowest BCUT2D eigenvalue weighted by molar-refractivity contribution is -0.923. The molecule has 0 aliphatic rings. The fourth-order valence-electron chi connectivity index (χ4n) is 5.73. The standard InChI is InChI=1S/C35H66NO/c1-5-9-10-11-12-13-14-15-16-17-18-21-24-28-34-29-27-30-35(33-34)37-32-26-23-20-19-22-25-31-36(6-2,7-3)8-4/h27,29-30,33H,5-26,28,31-32H2,1-4H3/q+1. The van der Waals surface area contributed by atoms with Gasteiger partial charge in [-0.15, -0.1) is 0 Å². The van der Waals surface area contributed by atoms with E-state index in [-0.39, 0.29) is 0 Å². The van der Waals surface area contributed by atoms with Crippen molar-refractivity contribution in [3.05, 3.63) is 29.8 Å². The summed E-state index contributed by atoms with van der Waals surface area (Å²) in [6.45, 7) is 15.4. The van der Waals surface area contributed by atoms with Crippen molar-refractivity contribution in [3.63, 3.8) is 0 Å². The number of quaternary nitrogens is 1. The average Bonchev–Trinajstić information content (AvgIpc) is 2.93. The van der Waals surface area contributed by atoms with Crippen LogP contribution in [0.5, 0.6) is 5.75 Å². The Kier molecular flexibility index (Phi) is 22.1. The van der Waals surface area contributed by atoms with E-state index in [9.17, 15) is 0 Å². The fraction of sp³-hybridized carbons (Fsp3) is 0.829. The number of benzene rings is 1. The van der Waals surface area contributed by atoms with Gasteiger partial charge in [-0.3, -0.25) is 0 Å². The number of nitrogens with zero attached hydrogens (tertiary/aromatic N) is 1. The molecule has 0 fully saturated rings. The quantitative estimate of drug-likeness (QED) is 0.0834. The number of unbranched alkanes of at least 4 members (excludes halogenated alkanes) is 17. The van der Waals surface area contributed by atoms with Gasteiger partial charge >= 0.3 is 0 Å². The highest BCUT2D eigenvalue weighted by atomic mass is 16.5. The highest BCUT2D eigenvalue weighted by Crippen LogP contribution is 2.18. The molecule has 0 N–H and O–H groups in total. The second-order valence-corrected chi connectivity index (χ2v) is 11.6. The molecule has 0 atom stereocenters. The second kappa shape index (κ2) is 24.1. The SMILES string of the molecule is CCCCCCCCCCCCCCCc1cccc(OCCCCCCCC[N+](CC)(CC)CC)c1. The summed E-state index contributed by atoms with van der Waals surface area (Å²) in [5.74, 6) is 1.07. The van der Waals surface area contributed by atoms with Crippen LogP contribution in [0.1, 0.15) is 155 Å². The lowest BCUT2D eigenvalue weighted by Crippen LogP contribution is -2.48. The van der Waals surface area contributed by atoms with E-state index in [4.69, 9.17) is 4.74 Å². The highest BCUT2D eigenvalue weighted by Gasteiger charge is 2.19. The summed E-state index contributed by atoms with van der Waals surface area (Å²) in [6, 6.07) is 8.86. The van der Waals surface area contributed by atoms with Crippen LogP contribution in [-0.4, -0.2) is 37.3 Å². The van der Waals surface area contributed by atoms with E-state index in [1.807, 2.05) is 0 Å². The molecule has 1 rings (SSSR count). The Hall–Kier alpha value is -1.02. The van der Waals surface area contributed by atoms with Crippen LogP contribution in [0, 0.1) is 0 Å². The summed E-state index contributed by atoms with van der Waals surface area (Å²) >= 11 is 0. The number of rotatable bonds is 27. The van der Waals surface area contributed by atoms with Crippen molar-refractivity contribution < 1.29 is 9.22 Å². The Bertz CT molecular complexity index is 601. The minimum absolute atomic E-state index is 0.865. The van der Waals surface area contributed by atoms with Crippen molar-refractivity contribution in [3.8, 4) is 5.75 Å². The van der Waals surface area contributed by atoms with Gasteiger partial charge in [0.25, 0.3) is 0 Å². The van der Waals surface area contributed by atoms with Crippen LogP contribution >= 0.6 is 0 Å². The first-order chi connectivity index (χ1) is 18.2. The topological polar surface area (TPSA) is 9.23 Å². The predicted octanol–water partition coefficient (Wildman–Crippen LogP) is 10.9. The summed E-state index contributed by atoms with van der Waals surface area (Å²) in [5, 5.41) is 0. The van der Waals surface area contributed by atoms with Crippen molar-refractivity contribution >= 4 is 0 Å². The molecule has 216 valence electrons. The third-order valence-corrected chi connectivity index (χ3v) is 8.78. The van der Waals surface area contributed by atoms with Gasteiger partial charge in [0.1, 0.15) is 5.75 Å². The first-order valence-corrected chi connectivity index (χ1v) is 16.8. The van der Waals surface area contributed by atoms with Crippen LogP contribution in [0.25, 0.3) is 0 Å². The molecule has 0 spiro atoms. The zero-order chi connectivity index (χ0) is 26.9. The molecular weight excluding hydrogens is 450 g/mol. The van der Waals surface area contributed by atoms with E-state index in [0.29, 0.717) is 0 Å². The number of hydrogen-bond acceptors (Lipinski definition) is 1. The number of ether oxygens (including phenoxy) is 1. The molecule has 1 aromatic carbocycles. The molecule has 0 saturated carbocycles. The van der Waals surface area contributed by atoms with Crippen LogP contribution in [0.2, 0.25) is 0 Å². The molecule has 0 aliphatic heterocycles. The predicted molar refractivity (Wildman–Crippen MR) is 166 cm³/mol. The van der Waals surface area contributed by atoms with Crippen LogP contribution < -0.4 is 4.74 Å². The smallest absolute Gasteiger partial charge is 0.119 e. The average molecular weight is 517 g/mol. The second-order valence-electron chi connectivity index (χ2n) is 11.6. The van der Waals surface area contributed by atoms with E-state index in [1.165, 1.54) is 165 Å². The Morgan fingerprint density at radius 3 is 1.57 bits per heavy atom. The van der Waals surface area contributed by atoms with Gasteiger partial charge in [-0.05, 0) is 70.6 Å². The van der Waals surface area contributed by atoms with Crippen molar-refractivity contribution in [1.82, 2.24) is 0 Å². The van der Waals surface area contributed by atoms with Crippen molar-refractivity contribution in [2.45, 2.75) is 156 Å². The summed E-state index contributed by atoms with van der Waals surface area (Å²) in [7, 11) is 0. The van der Waals surface area contributed by atoms with Crippen LogP contribution in [0.15, 0.2) is 24.3 Å². The zero-order valence-electron chi connectivity index (χ0n) is 25.8. The van der Waals surface area contributed by atoms with E-state index < -0.39 is 0 Å². The van der Waals surface area contributed by atoms with Gasteiger partial charge in [0.05, 0.1) is 32.8 Å². The summed E-state index contributed by atoms with van der Waals surface area (Å²) < 4.78 is 7.38. The van der Waals surface area contributed by atoms with E-state index in [0.717, 1.165) is 12.4 Å². The molecule has 0 aliphatic carbocycles. The molecule has 2 nitrogen and oxygen atoms in total. The van der Waals surface area contributed by atoms with E-state index in [1.54, 1.807) is 0 Å². The van der Waals surface area contributed by atoms with Crippen molar-refractivity contribution in [1.29, 1.82) is 0 Å². The van der Waals surface area contributed by atoms with Gasteiger partial charge in [0.15, 0.2) is 0 Å². The van der Waals surface area contributed by atoms with Crippen LogP contribution in [0.3, 0.4) is 0 Å². The molecule has 0 aromatic heterocycles. The molecular formula is C35H66NO+. The lowest BCUT2D eigenvalue weighted by atomic mass is 10.0. The summed E-state index contributed by atoms with van der Waals surface area (Å²) in [6.07, 6.45) is 27.7. The minimum Gasteiger partial charge on any atom is -0.494 e.